The molecule has 4 nitrogen and oxygen atoms in total. The predicted octanol–water partition coefficient (Wildman–Crippen LogP) is 2.54. The smallest absolute Gasteiger partial charge is 0.386 e. The minimum Gasteiger partial charge on any atom is -0.508 e. The maximum absolute atomic E-state index is 11.5. The lowest BCUT2D eigenvalue weighted by Crippen LogP contribution is -2.07. The number of hydrogen-bond acceptors (Lipinski definition) is 4. The molecule has 0 aliphatic heterocycles. The van der Waals surface area contributed by atoms with Gasteiger partial charge in [-0.15, -0.1) is 0 Å². The lowest BCUT2D eigenvalue weighted by molar-refractivity contribution is -0.149. The highest BCUT2D eigenvalue weighted by Crippen LogP contribution is 2.13. The fourth-order valence-corrected chi connectivity index (χ4v) is 1.21. The average molecular weight is 230 g/mol. The van der Waals surface area contributed by atoms with Gasteiger partial charge in [0.25, 0.3) is 0 Å². The van der Waals surface area contributed by atoms with E-state index in [0.717, 1.165) is 0 Å². The Morgan fingerprint density at radius 2 is 1.59 bits per heavy atom. The molecule has 0 aromatic heterocycles. The van der Waals surface area contributed by atoms with Crippen LogP contribution in [0, 0.1) is 0 Å². The molecule has 0 heterocycles. The molecular weight excluding hydrogens is 220 g/mol. The number of carbonyl (C=O) groups excluding carboxylic acids is 1. The van der Waals surface area contributed by atoms with Gasteiger partial charge in [0.15, 0.2) is 5.75 Å². The molecule has 0 atom stereocenters. The number of phenolic OH excluding ortho intramolecular Hbond substituents is 1. The van der Waals surface area contributed by atoms with Gasteiger partial charge in [-0.2, -0.15) is 0 Å². The number of benzene rings is 2. The SMILES string of the molecule is O=C(OOc1ccccc1)c1ccc(O)cc1. The summed E-state index contributed by atoms with van der Waals surface area (Å²) < 4.78 is 0. The van der Waals surface area contributed by atoms with E-state index in [4.69, 9.17) is 9.99 Å². The van der Waals surface area contributed by atoms with E-state index >= 15 is 0 Å². The van der Waals surface area contributed by atoms with E-state index in [9.17, 15) is 4.79 Å². The van der Waals surface area contributed by atoms with Crippen molar-refractivity contribution in [2.24, 2.45) is 0 Å². The fraction of sp³-hybridized carbons (Fsp3) is 0. The Kier molecular flexibility index (Phi) is 3.25. The second kappa shape index (κ2) is 5.03. The van der Waals surface area contributed by atoms with Gasteiger partial charge in [0, 0.05) is 0 Å². The van der Waals surface area contributed by atoms with Crippen molar-refractivity contribution in [1.82, 2.24) is 0 Å². The van der Waals surface area contributed by atoms with Crippen LogP contribution in [0.25, 0.3) is 0 Å². The number of aromatic hydroxyl groups is 1. The van der Waals surface area contributed by atoms with Crippen molar-refractivity contribution in [1.29, 1.82) is 0 Å². The molecule has 2 aromatic carbocycles. The maximum Gasteiger partial charge on any atom is 0.386 e. The maximum atomic E-state index is 11.5. The van der Waals surface area contributed by atoms with Gasteiger partial charge in [0.2, 0.25) is 0 Å². The molecule has 0 bridgehead atoms. The summed E-state index contributed by atoms with van der Waals surface area (Å²) in [6, 6.07) is 14.4. The Morgan fingerprint density at radius 3 is 2.24 bits per heavy atom. The molecule has 0 amide bonds. The van der Waals surface area contributed by atoms with E-state index in [0.29, 0.717) is 11.3 Å². The first-order valence-corrected chi connectivity index (χ1v) is 4.98. The van der Waals surface area contributed by atoms with Crippen LogP contribution in [0.15, 0.2) is 54.6 Å². The van der Waals surface area contributed by atoms with Gasteiger partial charge < -0.3 is 5.11 Å². The second-order valence-corrected chi connectivity index (χ2v) is 3.31. The van der Waals surface area contributed by atoms with Crippen molar-refractivity contribution in [2.45, 2.75) is 0 Å². The third-order valence-electron chi connectivity index (χ3n) is 2.06. The van der Waals surface area contributed by atoms with Gasteiger partial charge in [-0.1, -0.05) is 18.2 Å². The molecule has 86 valence electrons. The summed E-state index contributed by atoms with van der Waals surface area (Å²) in [5.74, 6) is -0.0843. The topological polar surface area (TPSA) is 55.8 Å². The summed E-state index contributed by atoms with van der Waals surface area (Å²) in [4.78, 5) is 21.0. The van der Waals surface area contributed by atoms with Crippen LogP contribution < -0.4 is 4.89 Å². The van der Waals surface area contributed by atoms with Crippen molar-refractivity contribution < 1.29 is 19.7 Å². The highest BCUT2D eigenvalue weighted by Gasteiger charge is 2.08. The van der Waals surface area contributed by atoms with Crippen molar-refractivity contribution in [3.8, 4) is 11.5 Å². The number of para-hydroxylation sites is 1. The zero-order valence-corrected chi connectivity index (χ0v) is 8.87. The summed E-state index contributed by atoms with van der Waals surface area (Å²) in [5.41, 5.74) is 0.304. The van der Waals surface area contributed by atoms with Crippen molar-refractivity contribution in [3.63, 3.8) is 0 Å². The summed E-state index contributed by atoms with van der Waals surface area (Å²) in [5, 5.41) is 9.06. The first-order valence-electron chi connectivity index (χ1n) is 4.98. The van der Waals surface area contributed by atoms with Crippen LogP contribution in [0.3, 0.4) is 0 Å². The zero-order valence-electron chi connectivity index (χ0n) is 8.87. The Bertz CT molecular complexity index is 491. The molecule has 0 unspecified atom stereocenters. The normalized spacial score (nSPS) is 9.65. The van der Waals surface area contributed by atoms with Crippen molar-refractivity contribution in [2.75, 3.05) is 0 Å². The van der Waals surface area contributed by atoms with Crippen LogP contribution in [-0.4, -0.2) is 11.1 Å². The molecule has 0 aliphatic carbocycles. The fourth-order valence-electron chi connectivity index (χ4n) is 1.21. The lowest BCUT2D eigenvalue weighted by atomic mass is 10.2. The molecule has 0 saturated heterocycles. The molecular formula is C13H10O4. The average Bonchev–Trinajstić information content (AvgIpc) is 2.38. The third kappa shape index (κ3) is 2.98. The Hall–Kier alpha value is -2.49. The number of carbonyl (C=O) groups is 1. The van der Waals surface area contributed by atoms with Gasteiger partial charge in [-0.25, -0.2) is 9.68 Å². The molecule has 17 heavy (non-hydrogen) atoms. The van der Waals surface area contributed by atoms with Crippen LogP contribution in [0.5, 0.6) is 11.5 Å². The van der Waals surface area contributed by atoms with Crippen LogP contribution in [0.1, 0.15) is 10.4 Å². The summed E-state index contributed by atoms with van der Waals surface area (Å²) in [7, 11) is 0. The summed E-state index contributed by atoms with van der Waals surface area (Å²) >= 11 is 0. The van der Waals surface area contributed by atoms with Gasteiger partial charge >= 0.3 is 5.97 Å². The second-order valence-electron chi connectivity index (χ2n) is 3.31. The largest absolute Gasteiger partial charge is 0.508 e. The molecule has 0 saturated carbocycles. The summed E-state index contributed by atoms with van der Waals surface area (Å²) in [6.07, 6.45) is 0. The van der Waals surface area contributed by atoms with Gasteiger partial charge in [0.1, 0.15) is 5.75 Å². The Labute approximate surface area is 98.0 Å². The van der Waals surface area contributed by atoms with Crippen LogP contribution in [-0.2, 0) is 4.89 Å². The van der Waals surface area contributed by atoms with E-state index in [2.05, 4.69) is 4.89 Å². The predicted molar refractivity (Wildman–Crippen MR) is 60.6 cm³/mol. The highest BCUT2D eigenvalue weighted by atomic mass is 17.2. The minimum absolute atomic E-state index is 0.0885. The third-order valence-corrected chi connectivity index (χ3v) is 2.06. The molecule has 1 N–H and O–H groups in total. The first kappa shape index (κ1) is 11.0. The van der Waals surface area contributed by atoms with E-state index in [1.54, 1.807) is 24.3 Å². The standard InChI is InChI=1S/C13H10O4/c14-11-8-6-10(7-9-11)13(15)17-16-12-4-2-1-3-5-12/h1-9,14H. The van der Waals surface area contributed by atoms with Gasteiger partial charge in [-0.05, 0) is 36.4 Å². The Balaban J connectivity index is 1.96. The molecule has 4 heteroatoms. The van der Waals surface area contributed by atoms with Crippen molar-refractivity contribution >= 4 is 5.97 Å². The lowest BCUT2D eigenvalue weighted by Gasteiger charge is -2.03. The van der Waals surface area contributed by atoms with Crippen molar-refractivity contribution in [3.05, 3.63) is 60.2 Å². The van der Waals surface area contributed by atoms with Crippen LogP contribution >= 0.6 is 0 Å². The summed E-state index contributed by atoms with van der Waals surface area (Å²) in [6.45, 7) is 0. The number of rotatable bonds is 3. The van der Waals surface area contributed by atoms with Gasteiger partial charge in [-0.3, -0.25) is 4.89 Å². The number of phenols is 1. The van der Waals surface area contributed by atoms with Crippen LogP contribution in [0.2, 0.25) is 0 Å². The molecule has 0 aliphatic rings. The monoisotopic (exact) mass is 230 g/mol. The van der Waals surface area contributed by atoms with E-state index in [1.807, 2.05) is 6.07 Å². The quantitative estimate of drug-likeness (QED) is 0.650. The zero-order chi connectivity index (χ0) is 12.1. The highest BCUT2D eigenvalue weighted by molar-refractivity contribution is 5.89. The first-order chi connectivity index (χ1) is 8.25. The van der Waals surface area contributed by atoms with E-state index in [1.165, 1.54) is 24.3 Å². The Morgan fingerprint density at radius 1 is 0.941 bits per heavy atom. The molecule has 2 aromatic rings. The molecule has 0 radical (unpaired) electrons. The van der Waals surface area contributed by atoms with Gasteiger partial charge in [0.05, 0.1) is 5.56 Å². The van der Waals surface area contributed by atoms with Crippen LogP contribution in [0.4, 0.5) is 0 Å². The molecule has 2 rings (SSSR count). The van der Waals surface area contributed by atoms with E-state index < -0.39 is 5.97 Å². The minimum atomic E-state index is -0.617. The molecule has 0 spiro atoms. The molecule has 0 fully saturated rings. The number of hydrogen-bond donors (Lipinski definition) is 1. The van der Waals surface area contributed by atoms with E-state index in [-0.39, 0.29) is 5.75 Å².